The zero-order valence-electron chi connectivity index (χ0n) is 16.1. The highest BCUT2D eigenvalue weighted by molar-refractivity contribution is 6.06. The summed E-state index contributed by atoms with van der Waals surface area (Å²) in [6.07, 6.45) is 2.39. The van der Waals surface area contributed by atoms with Crippen LogP contribution < -0.4 is 5.32 Å². The van der Waals surface area contributed by atoms with Crippen LogP contribution in [0.5, 0.6) is 0 Å². The van der Waals surface area contributed by atoms with Crippen molar-refractivity contribution in [1.29, 1.82) is 5.26 Å². The molecule has 5 heteroatoms. The average Bonchev–Trinajstić information content (AvgIpc) is 3.04. The van der Waals surface area contributed by atoms with Crippen LogP contribution in [0.1, 0.15) is 34.6 Å². The first-order valence-electron chi connectivity index (χ1n) is 9.78. The van der Waals surface area contributed by atoms with Crippen LogP contribution in [-0.4, -0.2) is 10.5 Å². The molecule has 0 saturated heterocycles. The summed E-state index contributed by atoms with van der Waals surface area (Å²) >= 11 is 0. The molecule has 146 valence electrons. The molecule has 0 unspecified atom stereocenters. The zero-order valence-corrected chi connectivity index (χ0v) is 16.1. The topological polar surface area (TPSA) is 57.8 Å². The van der Waals surface area contributed by atoms with Crippen LogP contribution >= 0.6 is 0 Å². The maximum absolute atomic E-state index is 13.7. The molecule has 1 aliphatic rings. The number of benzene rings is 3. The lowest BCUT2D eigenvalue weighted by molar-refractivity contribution is -0.116. The van der Waals surface area contributed by atoms with E-state index in [0.29, 0.717) is 18.5 Å². The molecule has 1 aromatic heterocycles. The summed E-state index contributed by atoms with van der Waals surface area (Å²) in [4.78, 5) is 12.6. The smallest absolute Gasteiger partial charge is 0.225 e. The number of nitriles is 1. The van der Waals surface area contributed by atoms with Gasteiger partial charge in [-0.1, -0.05) is 30.3 Å². The average molecular weight is 395 g/mol. The highest BCUT2D eigenvalue weighted by Gasteiger charge is 2.27. The Morgan fingerprint density at radius 1 is 1.10 bits per heavy atom. The Bertz CT molecular complexity index is 1310. The molecular formula is C25H18FN3O. The van der Waals surface area contributed by atoms with E-state index in [4.69, 9.17) is 5.26 Å². The van der Waals surface area contributed by atoms with Gasteiger partial charge in [0.05, 0.1) is 22.8 Å². The first kappa shape index (κ1) is 18.1. The fraction of sp³-hybridized carbons (Fsp3) is 0.120. The zero-order chi connectivity index (χ0) is 20.7. The summed E-state index contributed by atoms with van der Waals surface area (Å²) in [5.41, 5.74) is 5.30. The van der Waals surface area contributed by atoms with E-state index in [1.807, 2.05) is 36.4 Å². The molecular weight excluding hydrogens is 377 g/mol. The highest BCUT2D eigenvalue weighted by atomic mass is 19.1. The van der Waals surface area contributed by atoms with Crippen LogP contribution in [0.2, 0.25) is 0 Å². The first-order valence-corrected chi connectivity index (χ1v) is 9.78. The van der Waals surface area contributed by atoms with Gasteiger partial charge >= 0.3 is 0 Å². The van der Waals surface area contributed by atoms with E-state index in [1.165, 1.54) is 6.07 Å². The van der Waals surface area contributed by atoms with Crippen molar-refractivity contribution in [3.05, 3.63) is 101 Å². The Morgan fingerprint density at radius 3 is 2.67 bits per heavy atom. The van der Waals surface area contributed by atoms with Crippen LogP contribution in [0, 0.1) is 17.1 Å². The Hall–Kier alpha value is -3.91. The van der Waals surface area contributed by atoms with Gasteiger partial charge in [0.15, 0.2) is 0 Å². The van der Waals surface area contributed by atoms with Crippen LogP contribution in [0.4, 0.5) is 10.1 Å². The number of carbonyl (C=O) groups excluding carboxylic acids is 1. The molecule has 30 heavy (non-hydrogen) atoms. The molecule has 4 aromatic rings. The van der Waals surface area contributed by atoms with Gasteiger partial charge in [-0.15, -0.1) is 0 Å². The van der Waals surface area contributed by atoms with Gasteiger partial charge < -0.3 is 9.88 Å². The second-order valence-corrected chi connectivity index (χ2v) is 7.58. The minimum atomic E-state index is -0.256. The van der Waals surface area contributed by atoms with E-state index in [-0.39, 0.29) is 17.6 Å². The van der Waals surface area contributed by atoms with Crippen molar-refractivity contribution in [1.82, 2.24) is 4.57 Å². The van der Waals surface area contributed by atoms with Crippen LogP contribution in [0.3, 0.4) is 0 Å². The normalized spacial score (nSPS) is 15.5. The van der Waals surface area contributed by atoms with E-state index in [9.17, 15) is 9.18 Å². The molecule has 2 heterocycles. The summed E-state index contributed by atoms with van der Waals surface area (Å²) in [5, 5.41) is 13.1. The molecule has 1 amide bonds. The Balaban J connectivity index is 1.67. The van der Waals surface area contributed by atoms with E-state index < -0.39 is 0 Å². The number of nitrogens with one attached hydrogen (secondary N) is 1. The predicted octanol–water partition coefficient (Wildman–Crippen LogP) is 5.17. The number of anilines is 1. The van der Waals surface area contributed by atoms with Crippen molar-refractivity contribution in [2.45, 2.75) is 18.9 Å². The summed E-state index contributed by atoms with van der Waals surface area (Å²) in [6.45, 7) is 0.533. The second-order valence-electron chi connectivity index (χ2n) is 7.58. The molecule has 4 nitrogen and oxygen atoms in total. The van der Waals surface area contributed by atoms with Gasteiger partial charge in [-0.05, 0) is 53.1 Å². The van der Waals surface area contributed by atoms with Crippen molar-refractivity contribution in [3.63, 3.8) is 0 Å². The van der Waals surface area contributed by atoms with E-state index >= 15 is 0 Å². The van der Waals surface area contributed by atoms with Crippen molar-refractivity contribution in [2.24, 2.45) is 0 Å². The Labute approximate surface area is 173 Å². The molecule has 0 aliphatic carbocycles. The molecule has 1 N–H and O–H groups in total. The fourth-order valence-electron chi connectivity index (χ4n) is 4.30. The third kappa shape index (κ3) is 3.13. The molecule has 5 rings (SSSR count). The number of hydrogen-bond acceptors (Lipinski definition) is 2. The molecule has 0 saturated carbocycles. The minimum Gasteiger partial charge on any atom is -0.343 e. The number of aromatic nitrogens is 1. The standard InChI is InChI=1S/C25H18FN3O/c26-19-4-1-3-17(11-19)14-29-15-21-20(18-9-7-16(13-27)8-10-18)12-24(30)28-22-5-2-6-23(29)25(21)22/h1-11,15,20H,12,14H2,(H,28,30)/t20-/m1/s1. The summed E-state index contributed by atoms with van der Waals surface area (Å²) in [6, 6.07) is 22.0. The van der Waals surface area contributed by atoms with Gasteiger partial charge in [0.25, 0.3) is 0 Å². The Morgan fingerprint density at radius 2 is 1.90 bits per heavy atom. The van der Waals surface area contributed by atoms with Gasteiger partial charge in [-0.25, -0.2) is 4.39 Å². The van der Waals surface area contributed by atoms with E-state index in [1.54, 1.807) is 24.3 Å². The van der Waals surface area contributed by atoms with Crippen molar-refractivity contribution >= 4 is 22.5 Å². The monoisotopic (exact) mass is 395 g/mol. The van der Waals surface area contributed by atoms with Gasteiger partial charge in [0, 0.05) is 30.5 Å². The maximum atomic E-state index is 13.7. The lowest BCUT2D eigenvalue weighted by Gasteiger charge is -2.14. The number of halogens is 1. The van der Waals surface area contributed by atoms with Crippen molar-refractivity contribution in [3.8, 4) is 6.07 Å². The number of amides is 1. The third-order valence-corrected chi connectivity index (χ3v) is 5.66. The van der Waals surface area contributed by atoms with Gasteiger partial charge in [-0.3, -0.25) is 4.79 Å². The van der Waals surface area contributed by atoms with E-state index in [2.05, 4.69) is 22.1 Å². The molecule has 0 radical (unpaired) electrons. The summed E-state index contributed by atoms with van der Waals surface area (Å²) in [5.74, 6) is -0.420. The van der Waals surface area contributed by atoms with Crippen LogP contribution in [-0.2, 0) is 11.3 Å². The van der Waals surface area contributed by atoms with Gasteiger partial charge in [-0.2, -0.15) is 5.26 Å². The second kappa shape index (κ2) is 7.16. The SMILES string of the molecule is N#Cc1ccc([C@H]2CC(=O)Nc3cccc4c3c2cn4Cc2cccc(F)c2)cc1. The van der Waals surface area contributed by atoms with Crippen LogP contribution in [0.25, 0.3) is 10.9 Å². The minimum absolute atomic E-state index is 0.0373. The molecule has 1 aliphatic heterocycles. The maximum Gasteiger partial charge on any atom is 0.225 e. The number of nitrogens with zero attached hydrogens (tertiary/aromatic N) is 2. The third-order valence-electron chi connectivity index (χ3n) is 5.66. The fourth-order valence-corrected chi connectivity index (χ4v) is 4.30. The van der Waals surface area contributed by atoms with Crippen LogP contribution in [0.15, 0.2) is 72.9 Å². The largest absolute Gasteiger partial charge is 0.343 e. The predicted molar refractivity (Wildman–Crippen MR) is 114 cm³/mol. The number of carbonyl (C=O) groups is 1. The highest BCUT2D eigenvalue weighted by Crippen LogP contribution is 2.41. The number of hydrogen-bond donors (Lipinski definition) is 1. The molecule has 0 spiro atoms. The van der Waals surface area contributed by atoms with Crippen molar-refractivity contribution in [2.75, 3.05) is 5.32 Å². The molecule has 0 fully saturated rings. The van der Waals surface area contributed by atoms with Gasteiger partial charge in [0.2, 0.25) is 5.91 Å². The summed E-state index contributed by atoms with van der Waals surface area (Å²) < 4.78 is 15.8. The Kier molecular flexibility index (Phi) is 4.33. The van der Waals surface area contributed by atoms with Gasteiger partial charge in [0.1, 0.15) is 5.82 Å². The first-order chi connectivity index (χ1) is 14.6. The molecule has 0 bridgehead atoms. The lowest BCUT2D eigenvalue weighted by Crippen LogP contribution is -2.14. The van der Waals surface area contributed by atoms with Crippen molar-refractivity contribution < 1.29 is 9.18 Å². The summed E-state index contributed by atoms with van der Waals surface area (Å²) in [7, 11) is 0. The molecule has 1 atom stereocenters. The van der Waals surface area contributed by atoms with E-state index in [0.717, 1.165) is 33.3 Å². The quantitative estimate of drug-likeness (QED) is 0.520. The number of rotatable bonds is 3. The molecule has 3 aromatic carbocycles. The lowest BCUT2D eigenvalue weighted by atomic mass is 9.88.